The summed E-state index contributed by atoms with van der Waals surface area (Å²) < 4.78 is 39.0. The molecule has 0 aromatic heterocycles. The van der Waals surface area contributed by atoms with E-state index in [4.69, 9.17) is 9.47 Å². The summed E-state index contributed by atoms with van der Waals surface area (Å²) in [4.78, 5) is 15.0. The molecule has 1 atom stereocenters. The molecule has 9 heteroatoms. The molecule has 1 heterocycles. The summed E-state index contributed by atoms with van der Waals surface area (Å²) in [6, 6.07) is 20.1. The Morgan fingerprint density at radius 2 is 1.73 bits per heavy atom. The largest absolute Gasteiger partial charge is 0.454 e. The number of carbonyl (C=O) groups is 1. The molecule has 0 spiro atoms. The Labute approximate surface area is 193 Å². The second kappa shape index (κ2) is 9.51. The number of amides is 1. The van der Waals surface area contributed by atoms with Gasteiger partial charge in [-0.25, -0.2) is 8.42 Å². The van der Waals surface area contributed by atoms with Crippen molar-refractivity contribution in [2.24, 2.45) is 0 Å². The molecule has 0 unspecified atom stereocenters. The van der Waals surface area contributed by atoms with Gasteiger partial charge >= 0.3 is 0 Å². The molecule has 3 aromatic carbocycles. The van der Waals surface area contributed by atoms with Crippen LogP contribution in [-0.4, -0.2) is 46.7 Å². The van der Waals surface area contributed by atoms with E-state index in [0.717, 1.165) is 5.56 Å². The zero-order valence-electron chi connectivity index (χ0n) is 18.3. The topological polar surface area (TPSA) is 97.0 Å². The standard InChI is InChI=1S/C24H25N3O5S/c1-27(2)15-21(17-7-4-3-5-8-17)25-24(28)18-9-6-10-20(13-18)33(29,30)26-19-11-12-22-23(14-19)32-16-31-22/h3-14,21,26H,15-16H2,1-2H3,(H,25,28)/t21-/m0/s1. The maximum atomic E-state index is 13.0. The number of nitrogens with one attached hydrogen (secondary N) is 2. The van der Waals surface area contributed by atoms with Crippen molar-refractivity contribution in [1.29, 1.82) is 0 Å². The zero-order valence-corrected chi connectivity index (χ0v) is 19.1. The van der Waals surface area contributed by atoms with Gasteiger partial charge in [0.05, 0.1) is 16.6 Å². The lowest BCUT2D eigenvalue weighted by atomic mass is 10.1. The fraction of sp³-hybridized carbons (Fsp3) is 0.208. The van der Waals surface area contributed by atoms with Crippen LogP contribution in [0.3, 0.4) is 0 Å². The van der Waals surface area contributed by atoms with E-state index in [1.807, 2.05) is 49.3 Å². The molecule has 1 amide bonds. The van der Waals surface area contributed by atoms with E-state index < -0.39 is 10.0 Å². The predicted octanol–water partition coefficient (Wildman–Crippen LogP) is 3.25. The summed E-state index contributed by atoms with van der Waals surface area (Å²) in [5.74, 6) is 0.671. The molecule has 33 heavy (non-hydrogen) atoms. The van der Waals surface area contributed by atoms with Gasteiger partial charge in [0.2, 0.25) is 6.79 Å². The van der Waals surface area contributed by atoms with Gasteiger partial charge in [-0.3, -0.25) is 9.52 Å². The van der Waals surface area contributed by atoms with E-state index in [-0.39, 0.29) is 29.2 Å². The highest BCUT2D eigenvalue weighted by Gasteiger charge is 2.21. The number of hydrogen-bond donors (Lipinski definition) is 2. The third-order valence-corrected chi connectivity index (χ3v) is 6.47. The Balaban J connectivity index is 1.53. The van der Waals surface area contributed by atoms with Crippen molar-refractivity contribution < 1.29 is 22.7 Å². The SMILES string of the molecule is CN(C)C[C@H](NC(=O)c1cccc(S(=O)(=O)Nc2ccc3c(c2)OCO3)c1)c1ccccc1. The molecule has 0 bridgehead atoms. The van der Waals surface area contributed by atoms with Crippen LogP contribution < -0.4 is 19.5 Å². The Kier molecular flexibility index (Phi) is 6.52. The lowest BCUT2D eigenvalue weighted by Gasteiger charge is -2.23. The van der Waals surface area contributed by atoms with Crippen molar-refractivity contribution in [3.63, 3.8) is 0 Å². The Morgan fingerprint density at radius 3 is 2.48 bits per heavy atom. The summed E-state index contributed by atoms with van der Waals surface area (Å²) in [6.07, 6.45) is 0. The predicted molar refractivity (Wildman–Crippen MR) is 125 cm³/mol. The Morgan fingerprint density at radius 1 is 0.970 bits per heavy atom. The summed E-state index contributed by atoms with van der Waals surface area (Å²) in [7, 11) is -0.0657. The van der Waals surface area contributed by atoms with Gasteiger partial charge < -0.3 is 19.7 Å². The second-order valence-corrected chi connectivity index (χ2v) is 9.58. The van der Waals surface area contributed by atoms with E-state index in [2.05, 4.69) is 10.0 Å². The quantitative estimate of drug-likeness (QED) is 0.528. The van der Waals surface area contributed by atoms with Gasteiger partial charge in [-0.15, -0.1) is 0 Å². The Bertz CT molecular complexity index is 1250. The first-order chi connectivity index (χ1) is 15.8. The molecule has 8 nitrogen and oxygen atoms in total. The number of likely N-dealkylation sites (N-methyl/N-ethyl adjacent to an activating group) is 1. The average Bonchev–Trinajstić information content (AvgIpc) is 3.26. The van der Waals surface area contributed by atoms with Gasteiger partial charge in [0.25, 0.3) is 15.9 Å². The van der Waals surface area contributed by atoms with Crippen LogP contribution in [-0.2, 0) is 10.0 Å². The fourth-order valence-electron chi connectivity index (χ4n) is 3.51. The number of hydrogen-bond acceptors (Lipinski definition) is 6. The number of benzene rings is 3. The molecule has 2 N–H and O–H groups in total. The van der Waals surface area contributed by atoms with Crippen LogP contribution >= 0.6 is 0 Å². The molecule has 0 aliphatic carbocycles. The van der Waals surface area contributed by atoms with E-state index in [9.17, 15) is 13.2 Å². The van der Waals surface area contributed by atoms with Gasteiger partial charge in [-0.1, -0.05) is 36.4 Å². The number of rotatable bonds is 8. The maximum Gasteiger partial charge on any atom is 0.261 e. The zero-order chi connectivity index (χ0) is 23.4. The summed E-state index contributed by atoms with van der Waals surface area (Å²) in [5, 5.41) is 3.01. The number of ether oxygens (including phenoxy) is 2. The van der Waals surface area contributed by atoms with Gasteiger partial charge in [0, 0.05) is 18.2 Å². The van der Waals surface area contributed by atoms with Crippen molar-refractivity contribution >= 4 is 21.6 Å². The molecule has 1 aliphatic rings. The lowest BCUT2D eigenvalue weighted by Crippen LogP contribution is -2.35. The summed E-state index contributed by atoms with van der Waals surface area (Å²) in [6.45, 7) is 0.694. The monoisotopic (exact) mass is 467 g/mol. The molecule has 172 valence electrons. The average molecular weight is 468 g/mol. The summed E-state index contributed by atoms with van der Waals surface area (Å²) >= 11 is 0. The van der Waals surface area contributed by atoms with Gasteiger partial charge in [-0.05, 0) is 50.0 Å². The third kappa shape index (κ3) is 5.44. The van der Waals surface area contributed by atoms with E-state index in [1.165, 1.54) is 12.1 Å². The lowest BCUT2D eigenvalue weighted by molar-refractivity contribution is 0.0929. The number of carbonyl (C=O) groups excluding carboxylic acids is 1. The molecule has 3 aromatic rings. The highest BCUT2D eigenvalue weighted by atomic mass is 32.2. The number of nitrogens with zero attached hydrogens (tertiary/aromatic N) is 1. The molecule has 4 rings (SSSR count). The van der Waals surface area contributed by atoms with Crippen LogP contribution in [0.2, 0.25) is 0 Å². The van der Waals surface area contributed by atoms with Crippen LogP contribution in [0.1, 0.15) is 22.0 Å². The third-order valence-electron chi connectivity index (χ3n) is 5.09. The van der Waals surface area contributed by atoms with Crippen LogP contribution in [0.5, 0.6) is 11.5 Å². The fourth-order valence-corrected chi connectivity index (χ4v) is 4.60. The number of fused-ring (bicyclic) bond motifs is 1. The van der Waals surface area contributed by atoms with E-state index in [1.54, 1.807) is 30.3 Å². The van der Waals surface area contributed by atoms with Crippen molar-refractivity contribution in [3.8, 4) is 11.5 Å². The molecule has 0 fully saturated rings. The minimum absolute atomic E-state index is 0.0170. The van der Waals surface area contributed by atoms with Crippen molar-refractivity contribution in [2.75, 3.05) is 32.2 Å². The normalized spacial score (nSPS) is 13.5. The molecule has 0 saturated carbocycles. The van der Waals surface area contributed by atoms with Crippen molar-refractivity contribution in [3.05, 3.63) is 83.9 Å². The first kappa shape index (κ1) is 22.6. The number of sulfonamides is 1. The number of anilines is 1. The van der Waals surface area contributed by atoms with Crippen molar-refractivity contribution in [1.82, 2.24) is 10.2 Å². The molecule has 1 aliphatic heterocycles. The van der Waals surface area contributed by atoms with Crippen LogP contribution in [0.15, 0.2) is 77.7 Å². The maximum absolute atomic E-state index is 13.0. The first-order valence-corrected chi connectivity index (χ1v) is 11.8. The summed E-state index contributed by atoms with van der Waals surface area (Å²) in [5.41, 5.74) is 1.56. The second-order valence-electron chi connectivity index (χ2n) is 7.90. The van der Waals surface area contributed by atoms with Crippen LogP contribution in [0.25, 0.3) is 0 Å². The molecule has 0 radical (unpaired) electrons. The minimum atomic E-state index is -3.92. The Hall–Kier alpha value is -3.56. The molecular formula is C24H25N3O5S. The highest BCUT2D eigenvalue weighted by molar-refractivity contribution is 7.92. The van der Waals surface area contributed by atoms with Crippen LogP contribution in [0.4, 0.5) is 5.69 Å². The van der Waals surface area contributed by atoms with Gasteiger partial charge in [-0.2, -0.15) is 0 Å². The first-order valence-electron chi connectivity index (χ1n) is 10.3. The van der Waals surface area contributed by atoms with E-state index >= 15 is 0 Å². The molecule has 0 saturated heterocycles. The molecular weight excluding hydrogens is 442 g/mol. The highest BCUT2D eigenvalue weighted by Crippen LogP contribution is 2.34. The van der Waals surface area contributed by atoms with Crippen molar-refractivity contribution in [2.45, 2.75) is 10.9 Å². The van der Waals surface area contributed by atoms with Gasteiger partial charge in [0.15, 0.2) is 11.5 Å². The van der Waals surface area contributed by atoms with Gasteiger partial charge in [0.1, 0.15) is 0 Å². The van der Waals surface area contributed by atoms with Crippen LogP contribution in [0, 0.1) is 0 Å². The van der Waals surface area contributed by atoms with E-state index in [0.29, 0.717) is 23.7 Å². The minimum Gasteiger partial charge on any atom is -0.454 e. The smallest absolute Gasteiger partial charge is 0.261 e.